The molecule has 9 nitrogen and oxygen atoms in total. The Morgan fingerprint density at radius 2 is 1.79 bits per heavy atom. The van der Waals surface area contributed by atoms with Crippen molar-refractivity contribution < 1.29 is 9.53 Å². The SMILES string of the molecule is C=CC(=O)N1CCN(c2nc(OCCN(CC)CC)nc3c2CCN(c2c(C)ccc(C)c2C=NC)C3)CC1. The van der Waals surface area contributed by atoms with Crippen molar-refractivity contribution in [2.24, 2.45) is 4.99 Å². The summed E-state index contributed by atoms with van der Waals surface area (Å²) in [6.45, 7) is 19.9. The van der Waals surface area contributed by atoms with E-state index in [2.05, 4.69) is 66.1 Å². The zero-order chi connectivity index (χ0) is 27.9. The van der Waals surface area contributed by atoms with Crippen LogP contribution in [0, 0.1) is 13.8 Å². The molecule has 0 aliphatic carbocycles. The van der Waals surface area contributed by atoms with Crippen molar-refractivity contribution >= 4 is 23.6 Å². The molecule has 1 fully saturated rings. The van der Waals surface area contributed by atoms with Crippen LogP contribution in [0.3, 0.4) is 0 Å². The van der Waals surface area contributed by atoms with Crippen molar-refractivity contribution in [1.82, 2.24) is 19.8 Å². The number of rotatable bonds is 10. The van der Waals surface area contributed by atoms with Gasteiger partial charge in [0.25, 0.3) is 0 Å². The van der Waals surface area contributed by atoms with Crippen molar-refractivity contribution in [3.8, 4) is 6.01 Å². The zero-order valence-electron chi connectivity index (χ0n) is 24.2. The van der Waals surface area contributed by atoms with Gasteiger partial charge in [0.15, 0.2) is 0 Å². The maximum Gasteiger partial charge on any atom is 0.318 e. The van der Waals surface area contributed by atoms with Crippen molar-refractivity contribution in [3.05, 3.63) is 52.7 Å². The predicted molar refractivity (Wildman–Crippen MR) is 158 cm³/mol. The first-order chi connectivity index (χ1) is 18.9. The third-order valence-corrected chi connectivity index (χ3v) is 7.83. The number of ether oxygens (including phenoxy) is 1. The van der Waals surface area contributed by atoms with Gasteiger partial charge in [0.2, 0.25) is 5.91 Å². The smallest absolute Gasteiger partial charge is 0.318 e. The Kier molecular flexibility index (Phi) is 9.56. The van der Waals surface area contributed by atoms with Crippen LogP contribution in [0.15, 0.2) is 29.8 Å². The number of aliphatic imine (C=N–C) groups is 1. The lowest BCUT2D eigenvalue weighted by molar-refractivity contribution is -0.126. The molecule has 0 bridgehead atoms. The lowest BCUT2D eigenvalue weighted by Crippen LogP contribution is -2.49. The number of aromatic nitrogens is 2. The number of nitrogens with zero attached hydrogens (tertiary/aromatic N) is 7. The third-order valence-electron chi connectivity index (χ3n) is 7.83. The van der Waals surface area contributed by atoms with Crippen LogP contribution in [0.5, 0.6) is 6.01 Å². The van der Waals surface area contributed by atoms with Gasteiger partial charge in [0, 0.05) is 69.3 Å². The molecule has 0 N–H and O–H groups in total. The Hall–Kier alpha value is -3.46. The molecule has 9 heteroatoms. The number of benzene rings is 1. The molecular weight excluding hydrogens is 490 g/mol. The fourth-order valence-corrected chi connectivity index (χ4v) is 5.51. The Balaban J connectivity index is 1.65. The molecule has 1 saturated heterocycles. The van der Waals surface area contributed by atoms with Crippen LogP contribution in [-0.2, 0) is 17.8 Å². The minimum atomic E-state index is -0.0182. The van der Waals surface area contributed by atoms with E-state index in [9.17, 15) is 4.79 Å². The van der Waals surface area contributed by atoms with Crippen LogP contribution < -0.4 is 14.5 Å². The van der Waals surface area contributed by atoms with Gasteiger partial charge in [-0.2, -0.15) is 9.97 Å². The molecule has 1 amide bonds. The summed E-state index contributed by atoms with van der Waals surface area (Å²) in [5.41, 5.74) is 7.01. The van der Waals surface area contributed by atoms with Gasteiger partial charge in [0.05, 0.1) is 12.2 Å². The Labute approximate surface area is 233 Å². The van der Waals surface area contributed by atoms with Gasteiger partial charge in [-0.3, -0.25) is 9.79 Å². The molecule has 0 unspecified atom stereocenters. The minimum Gasteiger partial charge on any atom is -0.462 e. The molecule has 2 aliphatic rings. The van der Waals surface area contributed by atoms with Crippen molar-refractivity contribution in [2.75, 3.05) is 75.8 Å². The topological polar surface area (TPSA) is 77.4 Å². The summed E-state index contributed by atoms with van der Waals surface area (Å²) < 4.78 is 6.15. The van der Waals surface area contributed by atoms with Gasteiger partial charge in [-0.15, -0.1) is 0 Å². The maximum absolute atomic E-state index is 12.1. The normalized spacial score (nSPS) is 15.7. The third kappa shape index (κ3) is 6.41. The van der Waals surface area contributed by atoms with Crippen molar-refractivity contribution in [2.45, 2.75) is 40.7 Å². The van der Waals surface area contributed by atoms with Gasteiger partial charge in [-0.1, -0.05) is 32.6 Å². The monoisotopic (exact) mass is 533 g/mol. The fraction of sp³-hybridized carbons (Fsp3) is 0.533. The number of amides is 1. The molecule has 3 heterocycles. The molecule has 2 aliphatic heterocycles. The van der Waals surface area contributed by atoms with Crippen LogP contribution >= 0.6 is 0 Å². The van der Waals surface area contributed by atoms with Gasteiger partial charge >= 0.3 is 6.01 Å². The zero-order valence-corrected chi connectivity index (χ0v) is 24.2. The number of fused-ring (bicyclic) bond motifs is 1. The highest BCUT2D eigenvalue weighted by Crippen LogP contribution is 2.34. The van der Waals surface area contributed by atoms with Gasteiger partial charge < -0.3 is 24.3 Å². The summed E-state index contributed by atoms with van der Waals surface area (Å²) in [5.74, 6) is 0.926. The van der Waals surface area contributed by atoms with Crippen LogP contribution in [0.25, 0.3) is 0 Å². The van der Waals surface area contributed by atoms with E-state index < -0.39 is 0 Å². The predicted octanol–water partition coefficient (Wildman–Crippen LogP) is 3.26. The summed E-state index contributed by atoms with van der Waals surface area (Å²) in [4.78, 5) is 35.2. The summed E-state index contributed by atoms with van der Waals surface area (Å²) in [6.07, 6.45) is 4.19. The van der Waals surface area contributed by atoms with E-state index in [-0.39, 0.29) is 5.91 Å². The number of anilines is 2. The molecule has 1 aromatic carbocycles. The quantitative estimate of drug-likeness (QED) is 0.343. The van der Waals surface area contributed by atoms with Gasteiger partial charge in [0.1, 0.15) is 12.4 Å². The second kappa shape index (κ2) is 13.1. The second-order valence-corrected chi connectivity index (χ2v) is 10.2. The van der Waals surface area contributed by atoms with Crippen LogP contribution in [0.2, 0.25) is 0 Å². The number of carbonyl (C=O) groups is 1. The number of piperazine rings is 1. The molecule has 4 rings (SSSR count). The van der Waals surface area contributed by atoms with Gasteiger partial charge in [-0.05, 0) is 50.6 Å². The summed E-state index contributed by atoms with van der Waals surface area (Å²) in [5, 5.41) is 0. The lowest BCUT2D eigenvalue weighted by Gasteiger charge is -2.38. The molecular formula is C30H43N7O2. The van der Waals surface area contributed by atoms with Crippen LogP contribution in [0.4, 0.5) is 11.5 Å². The highest BCUT2D eigenvalue weighted by Gasteiger charge is 2.29. The van der Waals surface area contributed by atoms with E-state index in [1.165, 1.54) is 28.5 Å². The van der Waals surface area contributed by atoms with E-state index in [1.54, 1.807) is 0 Å². The standard InChI is InChI=1S/C30H43N7O2/c1-7-27(38)35-14-16-36(17-15-35)29-24-12-13-37(28-23(5)11-10-22(4)25(28)20-31-6)21-26(24)32-30(33-29)39-19-18-34(8-2)9-3/h7,10-11,20H,1,8-9,12-19,21H2,2-6H3. The largest absolute Gasteiger partial charge is 0.462 e. The number of hydrogen-bond acceptors (Lipinski definition) is 8. The molecule has 0 radical (unpaired) electrons. The van der Waals surface area contributed by atoms with Gasteiger partial charge in [-0.25, -0.2) is 0 Å². The molecule has 0 spiro atoms. The Morgan fingerprint density at radius 3 is 2.46 bits per heavy atom. The minimum absolute atomic E-state index is 0.0182. The molecule has 39 heavy (non-hydrogen) atoms. The summed E-state index contributed by atoms with van der Waals surface area (Å²) >= 11 is 0. The highest BCUT2D eigenvalue weighted by atomic mass is 16.5. The number of carbonyl (C=O) groups excluding carboxylic acids is 1. The molecule has 210 valence electrons. The van der Waals surface area contributed by atoms with E-state index >= 15 is 0 Å². The fourth-order valence-electron chi connectivity index (χ4n) is 5.51. The van der Waals surface area contributed by atoms with E-state index in [1.807, 2.05) is 18.2 Å². The average molecular weight is 534 g/mol. The van der Waals surface area contributed by atoms with Crippen LogP contribution in [0.1, 0.15) is 41.8 Å². The molecule has 1 aromatic heterocycles. The number of likely N-dealkylation sites (N-methyl/N-ethyl adjacent to an activating group) is 1. The first-order valence-corrected chi connectivity index (χ1v) is 14.1. The van der Waals surface area contributed by atoms with Crippen molar-refractivity contribution in [1.29, 1.82) is 0 Å². The Bertz CT molecular complexity index is 1200. The summed E-state index contributed by atoms with van der Waals surface area (Å²) in [6, 6.07) is 4.77. The van der Waals surface area contributed by atoms with E-state index in [4.69, 9.17) is 14.7 Å². The molecule has 0 atom stereocenters. The highest BCUT2D eigenvalue weighted by molar-refractivity contribution is 5.91. The average Bonchev–Trinajstić information content (AvgIpc) is 2.96. The van der Waals surface area contributed by atoms with Crippen LogP contribution in [-0.4, -0.2) is 97.9 Å². The second-order valence-electron chi connectivity index (χ2n) is 10.2. The van der Waals surface area contributed by atoms with E-state index in [0.717, 1.165) is 62.8 Å². The maximum atomic E-state index is 12.1. The first kappa shape index (κ1) is 28.5. The first-order valence-electron chi connectivity index (χ1n) is 14.1. The molecule has 0 saturated carbocycles. The van der Waals surface area contributed by atoms with E-state index in [0.29, 0.717) is 32.3 Å². The summed E-state index contributed by atoms with van der Waals surface area (Å²) in [7, 11) is 1.82. The van der Waals surface area contributed by atoms with Crippen molar-refractivity contribution in [3.63, 3.8) is 0 Å². The Morgan fingerprint density at radius 1 is 1.08 bits per heavy atom. The molecule has 2 aromatic rings. The number of hydrogen-bond donors (Lipinski definition) is 0. The number of aryl methyl sites for hydroxylation is 2. The lowest BCUT2D eigenvalue weighted by atomic mass is 9.98.